The number of nitrogens with zero attached hydrogens (tertiary/aromatic N) is 4. The van der Waals surface area contributed by atoms with Crippen molar-refractivity contribution in [2.75, 3.05) is 0 Å². The van der Waals surface area contributed by atoms with Gasteiger partial charge in [0.2, 0.25) is 0 Å². The van der Waals surface area contributed by atoms with Crippen LogP contribution in [0.2, 0.25) is 5.15 Å². The van der Waals surface area contributed by atoms with Crippen molar-refractivity contribution < 1.29 is 0 Å². The van der Waals surface area contributed by atoms with Gasteiger partial charge in [0.15, 0.2) is 15.5 Å². The highest BCUT2D eigenvalue weighted by Gasteiger charge is 2.11. The summed E-state index contributed by atoms with van der Waals surface area (Å²) in [5.74, 6) is 0.646. The Morgan fingerprint density at radius 2 is 2.00 bits per heavy atom. The normalized spacial score (nSPS) is 11.1. The van der Waals surface area contributed by atoms with E-state index in [4.69, 9.17) is 11.6 Å². The number of hydrogen-bond donors (Lipinski definition) is 0. The van der Waals surface area contributed by atoms with Gasteiger partial charge in [-0.15, -0.1) is 0 Å². The van der Waals surface area contributed by atoms with Crippen molar-refractivity contribution in [3.63, 3.8) is 0 Å². The zero-order chi connectivity index (χ0) is 9.59. The number of imidazole rings is 1. The second kappa shape index (κ2) is 2.92. The number of hydrogen-bond acceptors (Lipinski definition) is 3. The molecule has 13 heavy (non-hydrogen) atoms. The lowest BCUT2D eigenvalue weighted by Gasteiger charge is -1.96. The lowest BCUT2D eigenvalue weighted by atomic mass is 10.5. The predicted octanol–water partition coefficient (Wildman–Crippen LogP) is 2.09. The van der Waals surface area contributed by atoms with Crippen LogP contribution in [0.25, 0.3) is 11.2 Å². The quantitative estimate of drug-likeness (QED) is 0.539. The molecule has 0 unspecified atom stereocenters. The standard InChI is InChI=1S/C7H6BrClN4/c1-3-10-5(9)4-6(11-3)13(2)7(8)12-4/h1-2H3. The summed E-state index contributed by atoms with van der Waals surface area (Å²) in [4.78, 5) is 12.4. The van der Waals surface area contributed by atoms with Crippen LogP contribution in [0, 0.1) is 6.92 Å². The van der Waals surface area contributed by atoms with Gasteiger partial charge in [-0.05, 0) is 22.9 Å². The van der Waals surface area contributed by atoms with Crippen molar-refractivity contribution in [3.05, 3.63) is 15.7 Å². The third-order valence-electron chi connectivity index (χ3n) is 1.73. The monoisotopic (exact) mass is 260 g/mol. The summed E-state index contributed by atoms with van der Waals surface area (Å²) in [6.45, 7) is 1.80. The summed E-state index contributed by atoms with van der Waals surface area (Å²) in [6, 6.07) is 0. The molecule has 2 rings (SSSR count). The molecule has 0 radical (unpaired) electrons. The Hall–Kier alpha value is -0.680. The zero-order valence-electron chi connectivity index (χ0n) is 7.04. The number of aryl methyl sites for hydroxylation is 2. The maximum Gasteiger partial charge on any atom is 0.179 e. The van der Waals surface area contributed by atoms with Crippen LogP contribution in [-0.2, 0) is 7.05 Å². The van der Waals surface area contributed by atoms with Gasteiger partial charge in [-0.2, -0.15) is 0 Å². The molecule has 4 nitrogen and oxygen atoms in total. The summed E-state index contributed by atoms with van der Waals surface area (Å²) in [5, 5.41) is 0.392. The third-order valence-corrected chi connectivity index (χ3v) is 2.71. The van der Waals surface area contributed by atoms with E-state index in [0.717, 1.165) is 5.65 Å². The zero-order valence-corrected chi connectivity index (χ0v) is 9.39. The number of rotatable bonds is 0. The van der Waals surface area contributed by atoms with Gasteiger partial charge in [0.1, 0.15) is 11.3 Å². The average molecular weight is 262 g/mol. The first-order valence-corrected chi connectivity index (χ1v) is 4.78. The molecule has 0 aromatic carbocycles. The second-order valence-corrected chi connectivity index (χ2v) is 3.74. The summed E-state index contributed by atoms with van der Waals surface area (Å²) in [6.07, 6.45) is 0. The van der Waals surface area contributed by atoms with E-state index in [-0.39, 0.29) is 0 Å². The molecule has 6 heteroatoms. The Morgan fingerprint density at radius 3 is 2.69 bits per heavy atom. The van der Waals surface area contributed by atoms with Crippen LogP contribution in [0.5, 0.6) is 0 Å². The highest BCUT2D eigenvalue weighted by Crippen LogP contribution is 2.22. The predicted molar refractivity (Wildman–Crippen MR) is 53.8 cm³/mol. The van der Waals surface area contributed by atoms with Crippen LogP contribution >= 0.6 is 27.5 Å². The molecule has 0 aliphatic carbocycles. The molecule has 2 aromatic heterocycles. The van der Waals surface area contributed by atoms with Gasteiger partial charge in [0.25, 0.3) is 0 Å². The third kappa shape index (κ3) is 1.32. The van der Waals surface area contributed by atoms with E-state index < -0.39 is 0 Å². The molecule has 0 saturated carbocycles. The molecule has 0 amide bonds. The number of halogens is 2. The fourth-order valence-electron chi connectivity index (χ4n) is 1.10. The van der Waals surface area contributed by atoms with Gasteiger partial charge in [-0.25, -0.2) is 15.0 Å². The fraction of sp³-hybridized carbons (Fsp3) is 0.286. The Morgan fingerprint density at radius 1 is 1.31 bits per heavy atom. The SMILES string of the molecule is Cc1nc(Cl)c2nc(Br)n(C)c2n1. The van der Waals surface area contributed by atoms with Crippen LogP contribution in [0.15, 0.2) is 4.73 Å². The molecular formula is C7H6BrClN4. The molecule has 0 saturated heterocycles. The molecule has 2 aromatic rings. The maximum atomic E-state index is 5.90. The van der Waals surface area contributed by atoms with Crippen LogP contribution in [0.3, 0.4) is 0 Å². The number of aromatic nitrogens is 4. The molecule has 0 spiro atoms. The summed E-state index contributed by atoms with van der Waals surface area (Å²) in [7, 11) is 1.86. The van der Waals surface area contributed by atoms with Crippen molar-refractivity contribution in [3.8, 4) is 0 Å². The van der Waals surface area contributed by atoms with Gasteiger partial charge in [0, 0.05) is 7.05 Å². The lowest BCUT2D eigenvalue weighted by molar-refractivity contribution is 0.891. The maximum absolute atomic E-state index is 5.90. The minimum atomic E-state index is 0.392. The molecule has 0 atom stereocenters. The van der Waals surface area contributed by atoms with E-state index in [1.165, 1.54) is 0 Å². The molecule has 68 valence electrons. The molecule has 0 aliphatic heterocycles. The summed E-state index contributed by atoms with van der Waals surface area (Å²) in [5.41, 5.74) is 1.37. The fourth-order valence-corrected chi connectivity index (χ4v) is 1.70. The van der Waals surface area contributed by atoms with Gasteiger partial charge >= 0.3 is 0 Å². The first-order valence-electron chi connectivity index (χ1n) is 3.61. The van der Waals surface area contributed by atoms with Crippen LogP contribution in [-0.4, -0.2) is 19.5 Å². The molecule has 0 N–H and O–H groups in total. The van der Waals surface area contributed by atoms with Crippen molar-refractivity contribution >= 4 is 38.7 Å². The molecular weight excluding hydrogens is 255 g/mol. The Balaban J connectivity index is 2.94. The Bertz CT molecular complexity index is 479. The minimum Gasteiger partial charge on any atom is -0.306 e. The van der Waals surface area contributed by atoms with Crippen molar-refractivity contribution in [2.24, 2.45) is 7.05 Å². The molecule has 2 heterocycles. The summed E-state index contributed by atoms with van der Waals surface area (Å²) < 4.78 is 2.51. The first kappa shape index (κ1) is 8.90. The van der Waals surface area contributed by atoms with Crippen LogP contribution in [0.1, 0.15) is 5.82 Å². The van der Waals surface area contributed by atoms with E-state index in [1.807, 2.05) is 11.6 Å². The number of fused-ring (bicyclic) bond motifs is 1. The lowest BCUT2D eigenvalue weighted by Crippen LogP contribution is -1.94. The summed E-state index contributed by atoms with van der Waals surface area (Å²) >= 11 is 9.19. The first-order chi connectivity index (χ1) is 6.09. The van der Waals surface area contributed by atoms with Crippen LogP contribution in [0.4, 0.5) is 0 Å². The highest BCUT2D eigenvalue weighted by atomic mass is 79.9. The van der Waals surface area contributed by atoms with E-state index in [0.29, 0.717) is 21.2 Å². The largest absolute Gasteiger partial charge is 0.306 e. The van der Waals surface area contributed by atoms with E-state index in [2.05, 4.69) is 30.9 Å². The second-order valence-electron chi connectivity index (χ2n) is 2.67. The average Bonchev–Trinajstić information content (AvgIpc) is 2.32. The Kier molecular flexibility index (Phi) is 2.00. The van der Waals surface area contributed by atoms with Crippen LogP contribution < -0.4 is 0 Å². The van der Waals surface area contributed by atoms with Gasteiger partial charge in [-0.1, -0.05) is 11.6 Å². The van der Waals surface area contributed by atoms with Crippen molar-refractivity contribution in [1.29, 1.82) is 0 Å². The molecule has 0 bridgehead atoms. The van der Waals surface area contributed by atoms with Crippen molar-refractivity contribution in [2.45, 2.75) is 6.92 Å². The smallest absolute Gasteiger partial charge is 0.179 e. The van der Waals surface area contributed by atoms with Gasteiger partial charge in [-0.3, -0.25) is 0 Å². The van der Waals surface area contributed by atoms with E-state index >= 15 is 0 Å². The van der Waals surface area contributed by atoms with E-state index in [1.54, 1.807) is 6.92 Å². The topological polar surface area (TPSA) is 43.6 Å². The van der Waals surface area contributed by atoms with E-state index in [9.17, 15) is 0 Å². The van der Waals surface area contributed by atoms with Crippen molar-refractivity contribution in [1.82, 2.24) is 19.5 Å². The van der Waals surface area contributed by atoms with Gasteiger partial charge in [0.05, 0.1) is 0 Å². The Labute approximate surface area is 88.1 Å². The minimum absolute atomic E-state index is 0.392. The molecule has 0 fully saturated rings. The molecule has 0 aliphatic rings. The van der Waals surface area contributed by atoms with Gasteiger partial charge < -0.3 is 4.57 Å². The highest BCUT2D eigenvalue weighted by molar-refractivity contribution is 9.10.